The number of carbonyl (C=O) groups is 1. The summed E-state index contributed by atoms with van der Waals surface area (Å²) in [7, 11) is 0. The number of carbonyl (C=O) groups excluding carboxylic acids is 1. The standard InChI is InChI=1S/C22H24O5S/c1-14-18(26-20(23)15-9-5-3-6-10-15)19-17(25-22(14)28-2)13-24-21(27-19)16-11-7-4-8-12-16/h3-12,14,17-19,21-22H,13H2,1-2H3/t14?,17?,18-,19+,21?,22+/m1/s1. The molecule has 2 heterocycles. The third-order valence-corrected chi connectivity index (χ3v) is 6.20. The molecule has 0 spiro atoms. The maximum absolute atomic E-state index is 12.7. The van der Waals surface area contributed by atoms with Crippen LogP contribution in [0.15, 0.2) is 60.7 Å². The van der Waals surface area contributed by atoms with E-state index in [4.69, 9.17) is 18.9 Å². The first-order valence-corrected chi connectivity index (χ1v) is 10.7. The molecule has 2 aromatic carbocycles. The minimum Gasteiger partial charge on any atom is -0.455 e. The van der Waals surface area contributed by atoms with Gasteiger partial charge in [-0.15, -0.1) is 11.8 Å². The van der Waals surface area contributed by atoms with Gasteiger partial charge in [0.25, 0.3) is 0 Å². The van der Waals surface area contributed by atoms with E-state index < -0.39 is 12.4 Å². The molecule has 6 atom stereocenters. The maximum atomic E-state index is 12.7. The number of thioether (sulfide) groups is 1. The van der Waals surface area contributed by atoms with Crippen molar-refractivity contribution in [2.45, 2.75) is 37.0 Å². The summed E-state index contributed by atoms with van der Waals surface area (Å²) in [5, 5.41) is 0. The summed E-state index contributed by atoms with van der Waals surface area (Å²) in [4.78, 5) is 12.7. The first kappa shape index (κ1) is 19.5. The van der Waals surface area contributed by atoms with Crippen LogP contribution in [-0.4, -0.2) is 42.6 Å². The van der Waals surface area contributed by atoms with Crippen LogP contribution in [0.25, 0.3) is 0 Å². The van der Waals surface area contributed by atoms with Gasteiger partial charge >= 0.3 is 5.97 Å². The maximum Gasteiger partial charge on any atom is 0.338 e. The van der Waals surface area contributed by atoms with Gasteiger partial charge in [0.15, 0.2) is 6.29 Å². The summed E-state index contributed by atoms with van der Waals surface area (Å²) in [6, 6.07) is 18.8. The van der Waals surface area contributed by atoms with Gasteiger partial charge in [0, 0.05) is 11.5 Å². The molecule has 2 aromatic rings. The van der Waals surface area contributed by atoms with Crippen molar-refractivity contribution in [2.24, 2.45) is 5.92 Å². The molecule has 0 saturated carbocycles. The summed E-state index contributed by atoms with van der Waals surface area (Å²) >= 11 is 1.61. The van der Waals surface area contributed by atoms with Gasteiger partial charge in [0.2, 0.25) is 0 Å². The minimum absolute atomic E-state index is 0.0153. The molecule has 2 aliphatic rings. The fraction of sp³-hybridized carbons (Fsp3) is 0.409. The highest BCUT2D eigenvalue weighted by molar-refractivity contribution is 7.99. The van der Waals surface area contributed by atoms with E-state index in [9.17, 15) is 4.79 Å². The van der Waals surface area contributed by atoms with Crippen molar-refractivity contribution >= 4 is 17.7 Å². The van der Waals surface area contributed by atoms with Crippen LogP contribution in [0.4, 0.5) is 0 Å². The van der Waals surface area contributed by atoms with Crippen molar-refractivity contribution in [2.75, 3.05) is 12.9 Å². The van der Waals surface area contributed by atoms with Crippen molar-refractivity contribution < 1.29 is 23.7 Å². The molecule has 3 unspecified atom stereocenters. The van der Waals surface area contributed by atoms with Gasteiger partial charge in [-0.1, -0.05) is 55.5 Å². The zero-order chi connectivity index (χ0) is 19.5. The van der Waals surface area contributed by atoms with Crippen LogP contribution in [0.5, 0.6) is 0 Å². The van der Waals surface area contributed by atoms with Gasteiger partial charge in [0.05, 0.1) is 12.2 Å². The van der Waals surface area contributed by atoms with E-state index in [1.54, 1.807) is 23.9 Å². The number of rotatable bonds is 4. The average Bonchev–Trinajstić information content (AvgIpc) is 2.76. The Bertz CT molecular complexity index is 784. The van der Waals surface area contributed by atoms with Gasteiger partial charge in [-0.3, -0.25) is 0 Å². The van der Waals surface area contributed by atoms with Crippen LogP contribution in [0, 0.1) is 5.92 Å². The molecule has 5 nitrogen and oxygen atoms in total. The van der Waals surface area contributed by atoms with Crippen molar-refractivity contribution in [3.63, 3.8) is 0 Å². The monoisotopic (exact) mass is 400 g/mol. The number of fused-ring (bicyclic) bond motifs is 1. The van der Waals surface area contributed by atoms with E-state index in [2.05, 4.69) is 0 Å². The summed E-state index contributed by atoms with van der Waals surface area (Å²) in [6.45, 7) is 2.43. The molecule has 0 radical (unpaired) electrons. The summed E-state index contributed by atoms with van der Waals surface area (Å²) in [5.41, 5.74) is 1.38. The quantitative estimate of drug-likeness (QED) is 0.722. The van der Waals surface area contributed by atoms with Gasteiger partial charge in [-0.25, -0.2) is 4.79 Å². The largest absolute Gasteiger partial charge is 0.455 e. The Labute approximate surface area is 169 Å². The van der Waals surface area contributed by atoms with E-state index in [1.807, 2.05) is 61.7 Å². The van der Waals surface area contributed by atoms with E-state index in [-0.39, 0.29) is 29.5 Å². The highest BCUT2D eigenvalue weighted by Crippen LogP contribution is 2.40. The smallest absolute Gasteiger partial charge is 0.338 e. The summed E-state index contributed by atoms with van der Waals surface area (Å²) < 4.78 is 24.3. The molecular formula is C22H24O5S. The van der Waals surface area contributed by atoms with Crippen molar-refractivity contribution in [1.29, 1.82) is 0 Å². The van der Waals surface area contributed by atoms with Crippen molar-refractivity contribution in [3.8, 4) is 0 Å². The van der Waals surface area contributed by atoms with Gasteiger partial charge < -0.3 is 18.9 Å². The fourth-order valence-corrected chi connectivity index (χ4v) is 4.54. The molecule has 28 heavy (non-hydrogen) atoms. The van der Waals surface area contributed by atoms with Gasteiger partial charge in [-0.2, -0.15) is 0 Å². The van der Waals surface area contributed by atoms with E-state index in [0.29, 0.717) is 12.2 Å². The Morgan fingerprint density at radius 1 is 1.04 bits per heavy atom. The van der Waals surface area contributed by atoms with E-state index in [0.717, 1.165) is 5.56 Å². The molecule has 0 aliphatic carbocycles. The Morgan fingerprint density at radius 3 is 2.39 bits per heavy atom. The lowest BCUT2D eigenvalue weighted by atomic mass is 9.92. The molecular weight excluding hydrogens is 376 g/mol. The number of hydrogen-bond acceptors (Lipinski definition) is 6. The first-order valence-electron chi connectivity index (χ1n) is 9.43. The molecule has 0 bridgehead atoms. The lowest BCUT2D eigenvalue weighted by molar-refractivity contribution is -0.310. The SMILES string of the molecule is CS[C@@H]1OC2COC(c3ccccc3)O[C@@H]2[C@H](OC(=O)c2ccccc2)C1C. The molecule has 0 N–H and O–H groups in total. The minimum atomic E-state index is -0.498. The predicted octanol–water partition coefficient (Wildman–Crippen LogP) is 4.05. The second-order valence-electron chi connectivity index (χ2n) is 7.05. The third-order valence-electron chi connectivity index (χ3n) is 5.20. The third kappa shape index (κ3) is 3.96. The van der Waals surface area contributed by atoms with Crippen molar-refractivity contribution in [3.05, 3.63) is 71.8 Å². The number of esters is 1. The molecule has 2 saturated heterocycles. The molecule has 6 heteroatoms. The number of hydrogen-bond donors (Lipinski definition) is 0. The fourth-order valence-electron chi connectivity index (χ4n) is 3.70. The lowest BCUT2D eigenvalue weighted by Gasteiger charge is -2.48. The second-order valence-corrected chi connectivity index (χ2v) is 7.99. The first-order chi connectivity index (χ1) is 13.7. The predicted molar refractivity (Wildman–Crippen MR) is 107 cm³/mol. The Kier molecular flexibility index (Phi) is 6.01. The topological polar surface area (TPSA) is 54.0 Å². The van der Waals surface area contributed by atoms with Crippen LogP contribution in [0.1, 0.15) is 29.1 Å². The van der Waals surface area contributed by atoms with E-state index in [1.165, 1.54) is 0 Å². The lowest BCUT2D eigenvalue weighted by Crippen LogP contribution is -2.59. The summed E-state index contributed by atoms with van der Waals surface area (Å²) in [5.74, 6) is -0.359. The molecule has 0 aromatic heterocycles. The zero-order valence-electron chi connectivity index (χ0n) is 15.9. The average molecular weight is 400 g/mol. The van der Waals surface area contributed by atoms with Crippen molar-refractivity contribution in [1.82, 2.24) is 0 Å². The Hall–Kier alpha value is -1.86. The second kappa shape index (κ2) is 8.66. The zero-order valence-corrected chi connectivity index (χ0v) is 16.7. The molecule has 0 amide bonds. The molecule has 148 valence electrons. The van der Waals surface area contributed by atoms with Crippen LogP contribution < -0.4 is 0 Å². The molecule has 4 rings (SSSR count). The van der Waals surface area contributed by atoms with Gasteiger partial charge in [0.1, 0.15) is 23.7 Å². The van der Waals surface area contributed by atoms with Crippen LogP contribution >= 0.6 is 11.8 Å². The highest BCUT2D eigenvalue weighted by Gasteiger charge is 2.50. The highest BCUT2D eigenvalue weighted by atomic mass is 32.2. The van der Waals surface area contributed by atoms with Crippen LogP contribution in [0.3, 0.4) is 0 Å². The molecule has 2 aliphatic heterocycles. The molecule has 2 fully saturated rings. The number of benzene rings is 2. The van der Waals surface area contributed by atoms with E-state index >= 15 is 0 Å². The Morgan fingerprint density at radius 2 is 1.71 bits per heavy atom. The Balaban J connectivity index is 1.56. The normalized spacial score (nSPS) is 32.4. The van der Waals surface area contributed by atoms with Crippen LogP contribution in [-0.2, 0) is 18.9 Å². The summed E-state index contributed by atoms with van der Waals surface area (Å²) in [6.07, 6.45) is 0.419. The van der Waals surface area contributed by atoms with Crippen LogP contribution in [0.2, 0.25) is 0 Å². The number of ether oxygens (including phenoxy) is 4. The van der Waals surface area contributed by atoms with Gasteiger partial charge in [-0.05, 0) is 18.4 Å².